The molecule has 0 aliphatic carbocycles. The molecule has 0 saturated carbocycles. The van der Waals surface area contributed by atoms with Gasteiger partial charge < -0.3 is 4.90 Å². The number of rotatable bonds is 7. The highest BCUT2D eigenvalue weighted by Crippen LogP contribution is 2.38. The van der Waals surface area contributed by atoms with Gasteiger partial charge in [-0.15, -0.1) is 0 Å². The van der Waals surface area contributed by atoms with Crippen LogP contribution in [-0.4, -0.2) is 18.9 Å². The first-order valence-corrected chi connectivity index (χ1v) is 7.28. The SMILES string of the molecule is CCCCN(c1ccc(C=O)cc1C(F)(F)F)C(C)CC. The van der Waals surface area contributed by atoms with E-state index in [2.05, 4.69) is 0 Å². The summed E-state index contributed by atoms with van der Waals surface area (Å²) in [7, 11) is 0. The summed E-state index contributed by atoms with van der Waals surface area (Å²) in [4.78, 5) is 12.5. The molecule has 0 amide bonds. The molecule has 0 fully saturated rings. The van der Waals surface area contributed by atoms with Crippen molar-refractivity contribution >= 4 is 12.0 Å². The number of aldehydes is 1. The third-order valence-corrected chi connectivity index (χ3v) is 3.65. The number of halogens is 3. The summed E-state index contributed by atoms with van der Waals surface area (Å²) in [6.45, 7) is 6.46. The van der Waals surface area contributed by atoms with Gasteiger partial charge in [-0.25, -0.2) is 0 Å². The van der Waals surface area contributed by atoms with Gasteiger partial charge in [0, 0.05) is 23.8 Å². The van der Waals surface area contributed by atoms with E-state index in [1.807, 2.05) is 20.8 Å². The lowest BCUT2D eigenvalue weighted by atomic mass is 10.0. The summed E-state index contributed by atoms with van der Waals surface area (Å²) in [6, 6.07) is 3.80. The predicted octanol–water partition coefficient (Wildman–Crippen LogP) is 4.92. The van der Waals surface area contributed by atoms with Crippen molar-refractivity contribution in [3.8, 4) is 0 Å². The Kier molecular flexibility index (Phi) is 6.24. The van der Waals surface area contributed by atoms with Crippen LogP contribution in [0.2, 0.25) is 0 Å². The Bertz CT molecular complexity index is 471. The summed E-state index contributed by atoms with van der Waals surface area (Å²) in [5.74, 6) is 0. The first-order chi connectivity index (χ1) is 9.85. The third-order valence-electron chi connectivity index (χ3n) is 3.65. The number of carbonyl (C=O) groups is 1. The third kappa shape index (κ3) is 4.48. The normalized spacial score (nSPS) is 13.0. The lowest BCUT2D eigenvalue weighted by Crippen LogP contribution is -2.35. The van der Waals surface area contributed by atoms with E-state index in [-0.39, 0.29) is 17.3 Å². The van der Waals surface area contributed by atoms with Gasteiger partial charge in [0.05, 0.1) is 5.56 Å². The van der Waals surface area contributed by atoms with E-state index in [0.717, 1.165) is 25.3 Å². The van der Waals surface area contributed by atoms with Gasteiger partial charge in [0.2, 0.25) is 0 Å². The molecule has 0 bridgehead atoms. The van der Waals surface area contributed by atoms with Crippen LogP contribution in [0.5, 0.6) is 0 Å². The first kappa shape index (κ1) is 17.5. The van der Waals surface area contributed by atoms with E-state index >= 15 is 0 Å². The lowest BCUT2D eigenvalue weighted by Gasteiger charge is -2.33. The maximum atomic E-state index is 13.3. The van der Waals surface area contributed by atoms with Crippen molar-refractivity contribution < 1.29 is 18.0 Å². The minimum atomic E-state index is -4.47. The molecule has 1 atom stereocenters. The Balaban J connectivity index is 3.31. The van der Waals surface area contributed by atoms with Crippen LogP contribution in [0.3, 0.4) is 0 Å². The van der Waals surface area contributed by atoms with Crippen molar-refractivity contribution in [2.45, 2.75) is 52.3 Å². The Hall–Kier alpha value is -1.52. The number of hydrogen-bond donors (Lipinski definition) is 0. The molecule has 0 aliphatic rings. The maximum absolute atomic E-state index is 13.3. The average molecular weight is 301 g/mol. The number of nitrogens with zero attached hydrogens (tertiary/aromatic N) is 1. The molecule has 1 rings (SSSR count). The molecule has 2 nitrogen and oxygen atoms in total. The fourth-order valence-electron chi connectivity index (χ4n) is 2.23. The molecule has 0 saturated heterocycles. The second-order valence-electron chi connectivity index (χ2n) is 5.20. The molecule has 118 valence electrons. The molecule has 0 aliphatic heterocycles. The summed E-state index contributed by atoms with van der Waals surface area (Å²) in [5, 5.41) is 0. The van der Waals surface area contributed by atoms with E-state index in [1.165, 1.54) is 12.1 Å². The van der Waals surface area contributed by atoms with Crippen molar-refractivity contribution in [3.63, 3.8) is 0 Å². The highest BCUT2D eigenvalue weighted by atomic mass is 19.4. The van der Waals surface area contributed by atoms with Crippen LogP contribution in [0, 0.1) is 0 Å². The molecule has 0 radical (unpaired) electrons. The zero-order chi connectivity index (χ0) is 16.0. The van der Waals surface area contributed by atoms with Crippen molar-refractivity contribution in [1.82, 2.24) is 0 Å². The molecule has 1 aromatic rings. The predicted molar refractivity (Wildman–Crippen MR) is 78.8 cm³/mol. The summed E-state index contributed by atoms with van der Waals surface area (Å²) in [5.41, 5.74) is -0.523. The van der Waals surface area contributed by atoms with Crippen LogP contribution in [0.15, 0.2) is 18.2 Å². The highest BCUT2D eigenvalue weighted by molar-refractivity contribution is 5.77. The minimum absolute atomic E-state index is 0.0136. The molecule has 1 unspecified atom stereocenters. The topological polar surface area (TPSA) is 20.3 Å². The van der Waals surface area contributed by atoms with Crippen molar-refractivity contribution in [2.24, 2.45) is 0 Å². The van der Waals surface area contributed by atoms with Crippen molar-refractivity contribution in [2.75, 3.05) is 11.4 Å². The second-order valence-corrected chi connectivity index (χ2v) is 5.20. The van der Waals surface area contributed by atoms with E-state index < -0.39 is 11.7 Å². The van der Waals surface area contributed by atoms with Gasteiger partial charge in [-0.2, -0.15) is 13.2 Å². The maximum Gasteiger partial charge on any atom is 0.418 e. The Morgan fingerprint density at radius 3 is 2.43 bits per heavy atom. The number of alkyl halides is 3. The van der Waals surface area contributed by atoms with Crippen LogP contribution in [0.1, 0.15) is 56.0 Å². The monoisotopic (exact) mass is 301 g/mol. The van der Waals surface area contributed by atoms with E-state index in [4.69, 9.17) is 0 Å². The zero-order valence-electron chi connectivity index (χ0n) is 12.7. The molecule has 5 heteroatoms. The molecule has 0 spiro atoms. The van der Waals surface area contributed by atoms with Gasteiger partial charge in [0.15, 0.2) is 0 Å². The van der Waals surface area contributed by atoms with Crippen LogP contribution in [0.4, 0.5) is 18.9 Å². The summed E-state index contributed by atoms with van der Waals surface area (Å²) < 4.78 is 39.8. The Morgan fingerprint density at radius 1 is 1.29 bits per heavy atom. The van der Waals surface area contributed by atoms with Gasteiger partial charge >= 0.3 is 6.18 Å². The number of unbranched alkanes of at least 4 members (excludes halogenated alkanes) is 1. The largest absolute Gasteiger partial charge is 0.418 e. The molecule has 21 heavy (non-hydrogen) atoms. The molecular weight excluding hydrogens is 279 g/mol. The summed E-state index contributed by atoms with van der Waals surface area (Å²) >= 11 is 0. The minimum Gasteiger partial charge on any atom is -0.368 e. The van der Waals surface area contributed by atoms with Crippen molar-refractivity contribution in [3.05, 3.63) is 29.3 Å². The van der Waals surface area contributed by atoms with Gasteiger partial charge in [0.1, 0.15) is 6.29 Å². The van der Waals surface area contributed by atoms with E-state index in [1.54, 1.807) is 4.90 Å². The second kappa shape index (κ2) is 7.48. The highest BCUT2D eigenvalue weighted by Gasteiger charge is 2.35. The van der Waals surface area contributed by atoms with Gasteiger partial charge in [-0.3, -0.25) is 4.79 Å². The fraction of sp³-hybridized carbons (Fsp3) is 0.562. The molecule has 0 heterocycles. The van der Waals surface area contributed by atoms with Gasteiger partial charge in [-0.1, -0.05) is 20.3 Å². The number of anilines is 1. The van der Waals surface area contributed by atoms with E-state index in [9.17, 15) is 18.0 Å². The number of hydrogen-bond acceptors (Lipinski definition) is 2. The van der Waals surface area contributed by atoms with Crippen LogP contribution >= 0.6 is 0 Å². The Labute approximate surface area is 123 Å². The van der Waals surface area contributed by atoms with Crippen LogP contribution in [-0.2, 0) is 6.18 Å². The smallest absolute Gasteiger partial charge is 0.368 e. The van der Waals surface area contributed by atoms with Crippen LogP contribution in [0.25, 0.3) is 0 Å². The Morgan fingerprint density at radius 2 is 1.95 bits per heavy atom. The van der Waals surface area contributed by atoms with Gasteiger partial charge in [-0.05, 0) is 38.0 Å². The quantitative estimate of drug-likeness (QED) is 0.666. The van der Waals surface area contributed by atoms with Crippen molar-refractivity contribution in [1.29, 1.82) is 0 Å². The summed E-state index contributed by atoms with van der Waals surface area (Å²) in [6.07, 6.45) is -1.51. The fourth-order valence-corrected chi connectivity index (χ4v) is 2.23. The number of benzene rings is 1. The first-order valence-electron chi connectivity index (χ1n) is 7.28. The molecular formula is C16H22F3NO. The number of carbonyl (C=O) groups excluding carboxylic acids is 1. The van der Waals surface area contributed by atoms with Gasteiger partial charge in [0.25, 0.3) is 0 Å². The molecule has 0 aromatic heterocycles. The average Bonchev–Trinajstić information content (AvgIpc) is 2.46. The van der Waals surface area contributed by atoms with Crippen LogP contribution < -0.4 is 4.90 Å². The standard InChI is InChI=1S/C16H22F3NO/c1-4-6-9-20(12(3)5-2)15-8-7-13(11-21)10-14(15)16(17,18)19/h7-8,10-12H,4-6,9H2,1-3H3. The molecule has 0 N–H and O–H groups in total. The molecule has 1 aromatic carbocycles. The zero-order valence-corrected chi connectivity index (χ0v) is 12.7. The lowest BCUT2D eigenvalue weighted by molar-refractivity contribution is -0.137. The van der Waals surface area contributed by atoms with E-state index in [0.29, 0.717) is 12.8 Å².